The maximum absolute atomic E-state index is 4.45. The number of aromatic nitrogens is 4. The lowest BCUT2D eigenvalue weighted by molar-refractivity contribution is 0.222. The lowest BCUT2D eigenvalue weighted by Gasteiger charge is -2.26. The van der Waals surface area contributed by atoms with Gasteiger partial charge in [-0.05, 0) is 56.6 Å². The molecule has 140 valence electrons. The number of hydrogen-bond acceptors (Lipinski definition) is 3. The zero-order valence-electron chi connectivity index (χ0n) is 16.5. The van der Waals surface area contributed by atoms with E-state index in [0.29, 0.717) is 6.04 Å². The average molecular weight is 361 g/mol. The highest BCUT2D eigenvalue weighted by atomic mass is 15.1. The summed E-state index contributed by atoms with van der Waals surface area (Å²) in [6.45, 7) is 7.46. The first-order valence-electron chi connectivity index (χ1n) is 9.72. The molecule has 4 aromatic rings. The van der Waals surface area contributed by atoms with Crippen LogP contribution in [0.3, 0.4) is 0 Å². The Kier molecular flexibility index (Phi) is 4.70. The van der Waals surface area contributed by atoms with Crippen LogP contribution in [0.1, 0.15) is 38.1 Å². The van der Waals surface area contributed by atoms with Crippen molar-refractivity contribution in [2.24, 2.45) is 0 Å². The zero-order valence-corrected chi connectivity index (χ0v) is 16.5. The van der Waals surface area contributed by atoms with Gasteiger partial charge in [0.15, 0.2) is 5.65 Å². The Balaban J connectivity index is 1.68. The molecule has 0 fully saturated rings. The summed E-state index contributed by atoms with van der Waals surface area (Å²) < 4.78 is 0. The molecule has 0 saturated carbocycles. The molecule has 0 radical (unpaired) electrons. The molecule has 0 amide bonds. The van der Waals surface area contributed by atoms with Crippen LogP contribution in [0, 0.1) is 6.92 Å². The monoisotopic (exact) mass is 361 g/mol. The number of rotatable bonds is 6. The Morgan fingerprint density at radius 1 is 1.07 bits per heavy atom. The van der Waals surface area contributed by atoms with Crippen molar-refractivity contribution in [1.82, 2.24) is 24.8 Å². The number of fused-ring (bicyclic) bond motifs is 2. The Hall–Kier alpha value is -2.66. The quantitative estimate of drug-likeness (QED) is 0.506. The van der Waals surface area contributed by atoms with Crippen molar-refractivity contribution in [3.05, 3.63) is 47.9 Å². The second-order valence-electron chi connectivity index (χ2n) is 7.37. The maximum Gasteiger partial charge on any atom is 0.178 e. The molecular formula is C22H27N5. The van der Waals surface area contributed by atoms with Crippen LogP contribution >= 0.6 is 0 Å². The minimum Gasteiger partial charge on any atom is -0.354 e. The van der Waals surface area contributed by atoms with E-state index in [1.807, 2.05) is 19.2 Å². The largest absolute Gasteiger partial charge is 0.354 e. The Labute approximate surface area is 159 Å². The lowest BCUT2D eigenvalue weighted by Crippen LogP contribution is -2.29. The number of imidazole rings is 1. The van der Waals surface area contributed by atoms with Crippen LogP contribution in [0.4, 0.5) is 0 Å². The molecule has 3 heterocycles. The molecule has 0 saturated heterocycles. The molecule has 0 spiro atoms. The second kappa shape index (κ2) is 7.16. The van der Waals surface area contributed by atoms with E-state index in [0.717, 1.165) is 40.3 Å². The minimum absolute atomic E-state index is 0.635. The summed E-state index contributed by atoms with van der Waals surface area (Å²) in [5, 5.41) is 1.24. The first kappa shape index (κ1) is 17.7. The number of hydrogen-bond donors (Lipinski definition) is 2. The predicted molar refractivity (Wildman–Crippen MR) is 112 cm³/mol. The SMILES string of the molecule is CCC(CC)N(C)Cc1ccc2[nH]c(-c3ccnc4nc(C)[nH]c34)cc2c1. The van der Waals surface area contributed by atoms with Crippen LogP contribution < -0.4 is 0 Å². The number of benzene rings is 1. The van der Waals surface area contributed by atoms with Crippen molar-refractivity contribution in [1.29, 1.82) is 0 Å². The van der Waals surface area contributed by atoms with Gasteiger partial charge in [-0.15, -0.1) is 0 Å². The molecule has 3 aromatic heterocycles. The van der Waals surface area contributed by atoms with Gasteiger partial charge in [-0.25, -0.2) is 9.97 Å². The average Bonchev–Trinajstić information content (AvgIpc) is 3.24. The molecule has 0 aliphatic heterocycles. The fourth-order valence-electron chi connectivity index (χ4n) is 4.01. The van der Waals surface area contributed by atoms with Gasteiger partial charge in [-0.2, -0.15) is 0 Å². The summed E-state index contributed by atoms with van der Waals surface area (Å²) in [5.41, 5.74) is 6.44. The molecule has 27 heavy (non-hydrogen) atoms. The molecule has 0 atom stereocenters. The van der Waals surface area contributed by atoms with Gasteiger partial charge in [0.25, 0.3) is 0 Å². The zero-order chi connectivity index (χ0) is 19.0. The van der Waals surface area contributed by atoms with Crippen LogP contribution in [0.15, 0.2) is 36.5 Å². The molecule has 5 nitrogen and oxygen atoms in total. The van der Waals surface area contributed by atoms with E-state index in [1.165, 1.54) is 23.8 Å². The fourth-order valence-corrected chi connectivity index (χ4v) is 4.01. The number of aromatic amines is 2. The molecule has 1 aromatic carbocycles. The van der Waals surface area contributed by atoms with Gasteiger partial charge < -0.3 is 9.97 Å². The Morgan fingerprint density at radius 3 is 2.67 bits per heavy atom. The van der Waals surface area contributed by atoms with Crippen molar-refractivity contribution in [3.8, 4) is 11.3 Å². The van der Waals surface area contributed by atoms with Crippen LogP contribution in [0.2, 0.25) is 0 Å². The molecule has 4 rings (SSSR count). The molecule has 0 aliphatic carbocycles. The minimum atomic E-state index is 0.635. The predicted octanol–water partition coefficient (Wildman–Crippen LogP) is 5.04. The van der Waals surface area contributed by atoms with Gasteiger partial charge in [0, 0.05) is 40.9 Å². The van der Waals surface area contributed by atoms with E-state index in [1.54, 1.807) is 0 Å². The number of nitrogens with one attached hydrogen (secondary N) is 2. The lowest BCUT2D eigenvalue weighted by atomic mass is 10.1. The van der Waals surface area contributed by atoms with Crippen molar-refractivity contribution < 1.29 is 0 Å². The number of nitrogens with zero attached hydrogens (tertiary/aromatic N) is 3. The van der Waals surface area contributed by atoms with E-state index in [4.69, 9.17) is 0 Å². The summed E-state index contributed by atoms with van der Waals surface area (Å²) in [6, 6.07) is 11.6. The number of H-pyrrole nitrogens is 2. The van der Waals surface area contributed by atoms with E-state index < -0.39 is 0 Å². The van der Waals surface area contributed by atoms with E-state index in [2.05, 4.69) is 70.0 Å². The van der Waals surface area contributed by atoms with Gasteiger partial charge in [0.05, 0.1) is 5.52 Å². The van der Waals surface area contributed by atoms with Crippen molar-refractivity contribution >= 4 is 22.1 Å². The number of pyridine rings is 1. The summed E-state index contributed by atoms with van der Waals surface area (Å²) in [4.78, 5) is 18.1. The normalized spacial score (nSPS) is 12.1. The standard InChI is InChI=1S/C22H27N5/c1-5-17(6-2)27(4)13-15-7-8-19-16(11-15)12-20(26-19)18-9-10-23-22-21(18)24-14(3)25-22/h7-12,17,26H,5-6,13H2,1-4H3,(H,23,24,25). The summed E-state index contributed by atoms with van der Waals surface area (Å²) in [7, 11) is 2.22. The highest BCUT2D eigenvalue weighted by molar-refractivity contribution is 5.94. The molecule has 5 heteroatoms. The van der Waals surface area contributed by atoms with Crippen LogP contribution in [-0.4, -0.2) is 37.9 Å². The smallest absolute Gasteiger partial charge is 0.178 e. The van der Waals surface area contributed by atoms with Crippen LogP contribution in [-0.2, 0) is 6.54 Å². The number of aryl methyl sites for hydroxylation is 1. The molecule has 2 N–H and O–H groups in total. The highest BCUT2D eigenvalue weighted by Crippen LogP contribution is 2.29. The topological polar surface area (TPSA) is 60.6 Å². The maximum atomic E-state index is 4.45. The van der Waals surface area contributed by atoms with E-state index in [-0.39, 0.29) is 0 Å². The third kappa shape index (κ3) is 3.35. The van der Waals surface area contributed by atoms with Gasteiger partial charge in [0.2, 0.25) is 0 Å². The molecule has 0 unspecified atom stereocenters. The van der Waals surface area contributed by atoms with Crippen molar-refractivity contribution in [2.75, 3.05) is 7.05 Å². The Morgan fingerprint density at radius 2 is 1.89 bits per heavy atom. The summed E-state index contributed by atoms with van der Waals surface area (Å²) in [5.74, 6) is 0.882. The third-order valence-corrected chi connectivity index (χ3v) is 5.48. The van der Waals surface area contributed by atoms with Crippen molar-refractivity contribution in [3.63, 3.8) is 0 Å². The van der Waals surface area contributed by atoms with Crippen molar-refractivity contribution in [2.45, 2.75) is 46.2 Å². The third-order valence-electron chi connectivity index (χ3n) is 5.48. The van der Waals surface area contributed by atoms with Gasteiger partial charge in [0.1, 0.15) is 5.82 Å². The molecule has 0 bridgehead atoms. The Bertz CT molecular complexity index is 1070. The molecule has 0 aliphatic rings. The van der Waals surface area contributed by atoms with E-state index in [9.17, 15) is 0 Å². The summed E-state index contributed by atoms with van der Waals surface area (Å²) >= 11 is 0. The van der Waals surface area contributed by atoms with E-state index >= 15 is 0 Å². The first-order chi connectivity index (χ1) is 13.1. The van der Waals surface area contributed by atoms with Gasteiger partial charge in [-0.1, -0.05) is 19.9 Å². The summed E-state index contributed by atoms with van der Waals surface area (Å²) in [6.07, 6.45) is 4.19. The van der Waals surface area contributed by atoms with Gasteiger partial charge >= 0.3 is 0 Å². The first-order valence-corrected chi connectivity index (χ1v) is 9.72. The van der Waals surface area contributed by atoms with Crippen LogP contribution in [0.25, 0.3) is 33.3 Å². The molecular weight excluding hydrogens is 334 g/mol. The van der Waals surface area contributed by atoms with Gasteiger partial charge in [-0.3, -0.25) is 4.90 Å². The highest BCUT2D eigenvalue weighted by Gasteiger charge is 2.13. The fraction of sp³-hybridized carbons (Fsp3) is 0.364. The second-order valence-corrected chi connectivity index (χ2v) is 7.37. The van der Waals surface area contributed by atoms with Crippen LogP contribution in [0.5, 0.6) is 0 Å².